The zero-order valence-corrected chi connectivity index (χ0v) is 10.9. The molecule has 4 rings (SSSR count). The molecule has 0 saturated heterocycles. The highest BCUT2D eigenvalue weighted by molar-refractivity contribution is 5.85. The summed E-state index contributed by atoms with van der Waals surface area (Å²) in [7, 11) is 0. The van der Waals surface area contributed by atoms with E-state index in [9.17, 15) is 10.2 Å². The molecule has 2 aromatic carbocycles. The van der Waals surface area contributed by atoms with E-state index in [2.05, 4.69) is 4.98 Å². The summed E-state index contributed by atoms with van der Waals surface area (Å²) in [6.45, 7) is 0.220. The molecule has 1 aliphatic rings. The average molecular weight is 281 g/mol. The van der Waals surface area contributed by atoms with Gasteiger partial charge in [0.2, 0.25) is 6.79 Å². The van der Waals surface area contributed by atoms with E-state index in [0.717, 1.165) is 10.9 Å². The standard InChI is InChI=1S/C16H11NO4/c18-10-2-3-11(14(19)6-10)12-4-1-9-5-15-16(21-8-20-15)7-13(9)17-12/h1-7,18-19H,8H2. The summed E-state index contributed by atoms with van der Waals surface area (Å²) in [5.74, 6) is 1.38. The number of hydrogen-bond acceptors (Lipinski definition) is 5. The number of aromatic hydroxyl groups is 2. The Morgan fingerprint density at radius 2 is 1.71 bits per heavy atom. The number of benzene rings is 2. The molecule has 0 amide bonds. The Hall–Kier alpha value is -2.95. The lowest BCUT2D eigenvalue weighted by atomic mass is 10.1. The summed E-state index contributed by atoms with van der Waals surface area (Å²) in [6.07, 6.45) is 0. The maximum atomic E-state index is 9.93. The van der Waals surface area contributed by atoms with Crippen LogP contribution in [-0.4, -0.2) is 22.0 Å². The van der Waals surface area contributed by atoms with Crippen molar-refractivity contribution in [2.75, 3.05) is 6.79 Å². The highest BCUT2D eigenvalue weighted by Gasteiger charge is 2.15. The molecular weight excluding hydrogens is 270 g/mol. The molecule has 3 aromatic rings. The van der Waals surface area contributed by atoms with Crippen molar-refractivity contribution in [2.45, 2.75) is 0 Å². The van der Waals surface area contributed by atoms with Crippen molar-refractivity contribution < 1.29 is 19.7 Å². The summed E-state index contributed by atoms with van der Waals surface area (Å²) < 4.78 is 10.7. The number of pyridine rings is 1. The number of phenols is 2. The number of ether oxygens (including phenoxy) is 2. The van der Waals surface area contributed by atoms with Crippen LogP contribution in [0.15, 0.2) is 42.5 Å². The summed E-state index contributed by atoms with van der Waals surface area (Å²) in [4.78, 5) is 4.54. The second-order valence-corrected chi connectivity index (χ2v) is 4.80. The quantitative estimate of drug-likeness (QED) is 0.717. The third kappa shape index (κ3) is 1.90. The summed E-state index contributed by atoms with van der Waals surface area (Å²) in [5, 5.41) is 20.2. The predicted molar refractivity (Wildman–Crippen MR) is 76.6 cm³/mol. The molecule has 0 aliphatic carbocycles. The molecule has 0 saturated carbocycles. The van der Waals surface area contributed by atoms with Gasteiger partial charge in [0, 0.05) is 23.1 Å². The monoisotopic (exact) mass is 281 g/mol. The van der Waals surface area contributed by atoms with Gasteiger partial charge in [-0.25, -0.2) is 4.98 Å². The Labute approximate surface area is 120 Å². The number of aromatic nitrogens is 1. The molecule has 1 aromatic heterocycles. The average Bonchev–Trinajstić information content (AvgIpc) is 2.91. The van der Waals surface area contributed by atoms with E-state index in [-0.39, 0.29) is 18.3 Å². The molecule has 0 unspecified atom stereocenters. The number of nitrogens with zero attached hydrogens (tertiary/aromatic N) is 1. The Bertz CT molecular complexity index is 860. The Morgan fingerprint density at radius 1 is 0.905 bits per heavy atom. The smallest absolute Gasteiger partial charge is 0.231 e. The first-order valence-electron chi connectivity index (χ1n) is 6.43. The minimum atomic E-state index is -0.0115. The molecule has 104 valence electrons. The first kappa shape index (κ1) is 11.8. The van der Waals surface area contributed by atoms with Gasteiger partial charge < -0.3 is 19.7 Å². The van der Waals surface area contributed by atoms with Gasteiger partial charge in [0.05, 0.1) is 11.2 Å². The summed E-state index contributed by atoms with van der Waals surface area (Å²) in [5.41, 5.74) is 1.94. The summed E-state index contributed by atoms with van der Waals surface area (Å²) in [6, 6.07) is 11.9. The van der Waals surface area contributed by atoms with Crippen LogP contribution in [0.1, 0.15) is 0 Å². The van der Waals surface area contributed by atoms with Crippen LogP contribution in [0.3, 0.4) is 0 Å². The lowest BCUT2D eigenvalue weighted by Gasteiger charge is -2.07. The van der Waals surface area contributed by atoms with Gasteiger partial charge in [-0.1, -0.05) is 6.07 Å². The molecule has 1 aliphatic heterocycles. The van der Waals surface area contributed by atoms with Gasteiger partial charge in [0.25, 0.3) is 0 Å². The molecule has 5 nitrogen and oxygen atoms in total. The third-order valence-electron chi connectivity index (χ3n) is 3.44. The van der Waals surface area contributed by atoms with Crippen LogP contribution in [-0.2, 0) is 0 Å². The van der Waals surface area contributed by atoms with Gasteiger partial charge in [-0.3, -0.25) is 0 Å². The molecule has 5 heteroatoms. The lowest BCUT2D eigenvalue weighted by molar-refractivity contribution is 0.174. The van der Waals surface area contributed by atoms with Crippen molar-refractivity contribution in [1.82, 2.24) is 4.98 Å². The maximum absolute atomic E-state index is 9.93. The minimum Gasteiger partial charge on any atom is -0.508 e. The van der Waals surface area contributed by atoms with Gasteiger partial charge in [-0.2, -0.15) is 0 Å². The zero-order chi connectivity index (χ0) is 14.4. The van der Waals surface area contributed by atoms with Gasteiger partial charge in [0.15, 0.2) is 11.5 Å². The van der Waals surface area contributed by atoms with E-state index in [4.69, 9.17) is 9.47 Å². The van der Waals surface area contributed by atoms with Crippen LogP contribution in [0, 0.1) is 0 Å². The Kier molecular flexibility index (Phi) is 2.41. The zero-order valence-electron chi connectivity index (χ0n) is 10.9. The maximum Gasteiger partial charge on any atom is 0.231 e. The normalized spacial score (nSPS) is 12.8. The highest BCUT2D eigenvalue weighted by atomic mass is 16.7. The Morgan fingerprint density at radius 3 is 2.52 bits per heavy atom. The van der Waals surface area contributed by atoms with E-state index >= 15 is 0 Å². The molecule has 0 radical (unpaired) electrons. The van der Waals surface area contributed by atoms with Crippen LogP contribution in [0.2, 0.25) is 0 Å². The molecule has 0 bridgehead atoms. The molecule has 0 spiro atoms. The predicted octanol–water partition coefficient (Wildman–Crippen LogP) is 3.04. The molecule has 21 heavy (non-hydrogen) atoms. The van der Waals surface area contributed by atoms with Crippen LogP contribution in [0.25, 0.3) is 22.2 Å². The van der Waals surface area contributed by atoms with Crippen molar-refractivity contribution >= 4 is 10.9 Å². The molecular formula is C16H11NO4. The van der Waals surface area contributed by atoms with Gasteiger partial charge in [-0.05, 0) is 24.3 Å². The number of fused-ring (bicyclic) bond motifs is 2. The van der Waals surface area contributed by atoms with Crippen molar-refractivity contribution in [3.8, 4) is 34.3 Å². The molecule has 0 atom stereocenters. The second-order valence-electron chi connectivity index (χ2n) is 4.80. The molecule has 2 heterocycles. The van der Waals surface area contributed by atoms with Gasteiger partial charge >= 0.3 is 0 Å². The largest absolute Gasteiger partial charge is 0.508 e. The van der Waals surface area contributed by atoms with Crippen LogP contribution >= 0.6 is 0 Å². The summed E-state index contributed by atoms with van der Waals surface area (Å²) >= 11 is 0. The van der Waals surface area contributed by atoms with Crippen molar-refractivity contribution in [3.63, 3.8) is 0 Å². The highest BCUT2D eigenvalue weighted by Crippen LogP contribution is 2.37. The van der Waals surface area contributed by atoms with Gasteiger partial charge in [-0.15, -0.1) is 0 Å². The topological polar surface area (TPSA) is 71.8 Å². The molecule has 2 N–H and O–H groups in total. The lowest BCUT2D eigenvalue weighted by Crippen LogP contribution is -1.92. The van der Waals surface area contributed by atoms with Crippen LogP contribution in [0.4, 0.5) is 0 Å². The van der Waals surface area contributed by atoms with Gasteiger partial charge in [0.1, 0.15) is 11.5 Å². The third-order valence-corrected chi connectivity index (χ3v) is 3.44. The number of rotatable bonds is 1. The number of phenolic OH excluding ortho intramolecular Hbond substituents is 2. The minimum absolute atomic E-state index is 0.0115. The van der Waals surface area contributed by atoms with E-state index in [1.54, 1.807) is 6.07 Å². The fourth-order valence-electron chi connectivity index (χ4n) is 2.40. The van der Waals surface area contributed by atoms with Crippen LogP contribution < -0.4 is 9.47 Å². The van der Waals surface area contributed by atoms with Crippen molar-refractivity contribution in [2.24, 2.45) is 0 Å². The van der Waals surface area contributed by atoms with E-state index in [1.165, 1.54) is 12.1 Å². The van der Waals surface area contributed by atoms with E-state index in [0.29, 0.717) is 22.8 Å². The van der Waals surface area contributed by atoms with E-state index < -0.39 is 0 Å². The van der Waals surface area contributed by atoms with E-state index in [1.807, 2.05) is 24.3 Å². The fraction of sp³-hybridized carbons (Fsp3) is 0.0625. The second kappa shape index (κ2) is 4.28. The van der Waals surface area contributed by atoms with Crippen molar-refractivity contribution in [3.05, 3.63) is 42.5 Å². The fourth-order valence-corrected chi connectivity index (χ4v) is 2.40. The first-order valence-corrected chi connectivity index (χ1v) is 6.43. The van der Waals surface area contributed by atoms with Crippen LogP contribution in [0.5, 0.6) is 23.0 Å². The number of hydrogen-bond donors (Lipinski definition) is 2. The Balaban J connectivity index is 1.88. The SMILES string of the molecule is Oc1ccc(-c2ccc3cc4c(cc3n2)OCO4)c(O)c1. The first-order chi connectivity index (χ1) is 10.2. The van der Waals surface area contributed by atoms with Crippen molar-refractivity contribution in [1.29, 1.82) is 0 Å². The molecule has 0 fully saturated rings.